The third-order valence-corrected chi connectivity index (χ3v) is 0.943. The molecule has 3 N–H and O–H groups in total. The molecule has 1 heterocycles. The van der Waals surface area contributed by atoms with Crippen LogP contribution in [0.1, 0.15) is 0 Å². The molecule has 0 unspecified atom stereocenters. The summed E-state index contributed by atoms with van der Waals surface area (Å²) < 4.78 is 0. The fourth-order valence-corrected chi connectivity index (χ4v) is 0.570. The van der Waals surface area contributed by atoms with Gasteiger partial charge in [-0.3, -0.25) is 5.32 Å². The highest BCUT2D eigenvalue weighted by Crippen LogP contribution is 1.74. The lowest BCUT2D eigenvalue weighted by Gasteiger charge is -2.15. The van der Waals surface area contributed by atoms with Crippen molar-refractivity contribution in [2.75, 3.05) is 13.3 Å². The van der Waals surface area contributed by atoms with Crippen molar-refractivity contribution in [3.05, 3.63) is 10.1 Å². The molecule has 0 aromatic heterocycles. The Morgan fingerprint density at radius 1 is 1.45 bits per heavy atom. The highest BCUT2D eigenvalue weighted by atomic mass is 35.5. The van der Waals surface area contributed by atoms with Gasteiger partial charge in [-0.05, 0) is 0 Å². The zero-order valence-corrected chi connectivity index (χ0v) is 6.35. The topological polar surface area (TPSA) is 91.6 Å². The van der Waals surface area contributed by atoms with Crippen molar-refractivity contribution in [1.82, 2.24) is 16.0 Å². The molecule has 0 aromatic carbocycles. The first-order valence-electron chi connectivity index (χ1n) is 2.70. The van der Waals surface area contributed by atoms with Crippen molar-refractivity contribution in [3.8, 4) is 0 Å². The van der Waals surface area contributed by atoms with Gasteiger partial charge in [0.2, 0.25) is 0 Å². The number of hydrogen-bond donors (Lipinski definition) is 3. The summed E-state index contributed by atoms with van der Waals surface area (Å²) in [6.07, 6.45) is 0. The summed E-state index contributed by atoms with van der Waals surface area (Å²) in [5.74, 6) is 0.198. The van der Waals surface area contributed by atoms with Crippen LogP contribution in [0.3, 0.4) is 0 Å². The van der Waals surface area contributed by atoms with E-state index < -0.39 is 5.03 Å². The van der Waals surface area contributed by atoms with Crippen LogP contribution in [0.5, 0.6) is 0 Å². The summed E-state index contributed by atoms with van der Waals surface area (Å²) in [7, 11) is 0. The normalized spacial score (nSPS) is 15.5. The summed E-state index contributed by atoms with van der Waals surface area (Å²) >= 11 is 0. The highest BCUT2D eigenvalue weighted by molar-refractivity contribution is 5.85. The summed E-state index contributed by atoms with van der Waals surface area (Å²) in [4.78, 5) is 9.79. The summed E-state index contributed by atoms with van der Waals surface area (Å²) in [5.41, 5.74) is 0. The number of halogens is 1. The molecular formula is C3H8ClN5O2. The monoisotopic (exact) mass is 181 g/mol. The van der Waals surface area contributed by atoms with Crippen LogP contribution >= 0.6 is 12.4 Å². The van der Waals surface area contributed by atoms with E-state index in [1.807, 2.05) is 0 Å². The molecule has 11 heavy (non-hydrogen) atoms. The zero-order chi connectivity index (χ0) is 7.40. The molecule has 1 aliphatic heterocycles. The van der Waals surface area contributed by atoms with Gasteiger partial charge in [-0.1, -0.05) is 0 Å². The molecule has 0 aliphatic carbocycles. The van der Waals surface area contributed by atoms with E-state index in [0.29, 0.717) is 13.3 Å². The number of nitrogens with zero attached hydrogens (tertiary/aromatic N) is 2. The first-order valence-corrected chi connectivity index (χ1v) is 2.70. The van der Waals surface area contributed by atoms with Crippen LogP contribution in [0.4, 0.5) is 0 Å². The Morgan fingerprint density at radius 2 is 2.00 bits per heavy atom. The van der Waals surface area contributed by atoms with Gasteiger partial charge in [-0.15, -0.1) is 12.4 Å². The van der Waals surface area contributed by atoms with Crippen molar-refractivity contribution >= 4 is 18.4 Å². The smallest absolute Gasteiger partial charge is 0.270 e. The molecule has 0 spiro atoms. The molecule has 1 fully saturated rings. The minimum absolute atomic E-state index is 0. The van der Waals surface area contributed by atoms with E-state index in [2.05, 4.69) is 21.1 Å². The minimum Gasteiger partial charge on any atom is -0.338 e. The third-order valence-electron chi connectivity index (χ3n) is 0.943. The number of nitrogens with one attached hydrogen (secondary N) is 3. The number of hydrazone groups is 1. The molecule has 0 amide bonds. The average molecular weight is 182 g/mol. The molecule has 64 valence electrons. The van der Waals surface area contributed by atoms with E-state index in [-0.39, 0.29) is 18.4 Å². The van der Waals surface area contributed by atoms with Crippen LogP contribution in [0, 0.1) is 10.1 Å². The number of rotatable bonds is 1. The highest BCUT2D eigenvalue weighted by Gasteiger charge is 2.06. The summed E-state index contributed by atoms with van der Waals surface area (Å²) in [5, 5.41) is 20.2. The van der Waals surface area contributed by atoms with Gasteiger partial charge < -0.3 is 10.6 Å². The Kier molecular flexibility index (Phi) is 4.23. The molecular weight excluding hydrogens is 174 g/mol. The predicted molar refractivity (Wildman–Crippen MR) is 40.8 cm³/mol. The van der Waals surface area contributed by atoms with Gasteiger partial charge in [0.05, 0.1) is 13.3 Å². The molecule has 0 bridgehead atoms. The van der Waals surface area contributed by atoms with Gasteiger partial charge in [0, 0.05) is 0 Å². The Labute approximate surface area is 68.8 Å². The standard InChI is InChI=1S/C3H7N5O2.ClH/c9-8(10)7-3-5-1-4-2-6-3;/h4H,1-2H2,(H2,5,6,7);1H. The van der Waals surface area contributed by atoms with Crippen LogP contribution in [-0.2, 0) is 0 Å². The first kappa shape index (κ1) is 9.92. The maximum Gasteiger partial charge on any atom is 0.270 e. The molecule has 0 atom stereocenters. The maximum atomic E-state index is 9.79. The largest absolute Gasteiger partial charge is 0.338 e. The third kappa shape index (κ3) is 3.58. The lowest BCUT2D eigenvalue weighted by molar-refractivity contribution is -0.485. The van der Waals surface area contributed by atoms with Gasteiger partial charge >= 0.3 is 0 Å². The maximum absolute atomic E-state index is 9.79. The van der Waals surface area contributed by atoms with Gasteiger partial charge in [0.15, 0.2) is 5.03 Å². The zero-order valence-electron chi connectivity index (χ0n) is 5.53. The van der Waals surface area contributed by atoms with Gasteiger partial charge in [-0.25, -0.2) is 10.1 Å². The molecule has 7 nitrogen and oxygen atoms in total. The molecule has 1 rings (SSSR count). The first-order chi connectivity index (χ1) is 4.79. The second-order valence-electron chi connectivity index (χ2n) is 1.64. The van der Waals surface area contributed by atoms with Crippen LogP contribution in [0.25, 0.3) is 0 Å². The van der Waals surface area contributed by atoms with E-state index in [1.165, 1.54) is 0 Å². The fraction of sp³-hybridized carbons (Fsp3) is 0.667. The fourth-order valence-electron chi connectivity index (χ4n) is 0.570. The van der Waals surface area contributed by atoms with E-state index >= 15 is 0 Å². The number of nitro groups is 1. The lowest BCUT2D eigenvalue weighted by atomic mass is 10.7. The molecule has 1 saturated heterocycles. The van der Waals surface area contributed by atoms with Crippen molar-refractivity contribution in [2.45, 2.75) is 0 Å². The van der Waals surface area contributed by atoms with Crippen molar-refractivity contribution in [2.24, 2.45) is 5.10 Å². The Balaban J connectivity index is 0.000001000. The van der Waals surface area contributed by atoms with Gasteiger partial charge in [-0.2, -0.15) is 0 Å². The molecule has 0 radical (unpaired) electrons. The van der Waals surface area contributed by atoms with Crippen molar-refractivity contribution in [3.63, 3.8) is 0 Å². The van der Waals surface area contributed by atoms with E-state index in [0.717, 1.165) is 0 Å². The van der Waals surface area contributed by atoms with Crippen LogP contribution < -0.4 is 16.0 Å². The second kappa shape index (κ2) is 4.69. The minimum atomic E-state index is -0.749. The number of hydrogen-bond acceptors (Lipinski definition) is 3. The van der Waals surface area contributed by atoms with Crippen LogP contribution in [-0.4, -0.2) is 24.3 Å². The Morgan fingerprint density at radius 3 is 2.45 bits per heavy atom. The molecule has 1 aliphatic rings. The van der Waals surface area contributed by atoms with Crippen LogP contribution in [0.2, 0.25) is 0 Å². The van der Waals surface area contributed by atoms with Crippen molar-refractivity contribution < 1.29 is 5.03 Å². The molecule has 0 saturated carbocycles. The summed E-state index contributed by atoms with van der Waals surface area (Å²) in [6, 6.07) is 0. The van der Waals surface area contributed by atoms with E-state index in [1.54, 1.807) is 0 Å². The second-order valence-corrected chi connectivity index (χ2v) is 1.64. The molecule has 0 aromatic rings. The van der Waals surface area contributed by atoms with Crippen LogP contribution in [0.15, 0.2) is 5.10 Å². The van der Waals surface area contributed by atoms with E-state index in [4.69, 9.17) is 0 Å². The number of guanidine groups is 1. The summed E-state index contributed by atoms with van der Waals surface area (Å²) in [6.45, 7) is 0.999. The Hall–Kier alpha value is -1.08. The van der Waals surface area contributed by atoms with Gasteiger partial charge in [0.1, 0.15) is 5.10 Å². The average Bonchev–Trinajstić information content (AvgIpc) is 1.88. The quantitative estimate of drug-likeness (QED) is 0.344. The van der Waals surface area contributed by atoms with E-state index in [9.17, 15) is 10.1 Å². The lowest BCUT2D eigenvalue weighted by Crippen LogP contribution is -2.52. The predicted octanol–water partition coefficient (Wildman–Crippen LogP) is -1.35. The van der Waals surface area contributed by atoms with Crippen molar-refractivity contribution in [1.29, 1.82) is 0 Å². The molecule has 8 heteroatoms. The van der Waals surface area contributed by atoms with Gasteiger partial charge in [0.25, 0.3) is 5.96 Å². The SMILES string of the molecule is Cl.O=[N+]([O-])N=C1NCNCN1. The Bertz CT molecular complexity index is 163.